The predicted molar refractivity (Wildman–Crippen MR) is 114 cm³/mol. The van der Waals surface area contributed by atoms with Crippen LogP contribution in [0.25, 0.3) is 0 Å². The van der Waals surface area contributed by atoms with Crippen LogP contribution in [0, 0.1) is 17.0 Å². The van der Waals surface area contributed by atoms with Gasteiger partial charge < -0.3 is 9.84 Å². The van der Waals surface area contributed by atoms with Gasteiger partial charge in [-0.05, 0) is 65.8 Å². The fourth-order valence-corrected chi connectivity index (χ4v) is 5.90. The van der Waals surface area contributed by atoms with Gasteiger partial charge in [0.15, 0.2) is 6.61 Å². The molecule has 36 heavy (non-hydrogen) atoms. The van der Waals surface area contributed by atoms with Gasteiger partial charge in [-0.1, -0.05) is 18.2 Å². The van der Waals surface area contributed by atoms with Crippen LogP contribution in [0.2, 0.25) is 0 Å². The Morgan fingerprint density at radius 3 is 2.25 bits per heavy atom. The first-order valence-corrected chi connectivity index (χ1v) is 11.2. The third-order valence-corrected chi connectivity index (χ3v) is 7.83. The molecular formula is C24H22F6N4O2. The first-order chi connectivity index (χ1) is 16.8. The second-order valence-corrected chi connectivity index (χ2v) is 10.0. The van der Waals surface area contributed by atoms with Crippen LogP contribution in [0.1, 0.15) is 37.3 Å². The molecule has 2 aromatic carbocycles. The number of halogens is 6. The molecule has 3 fully saturated rings. The molecule has 0 spiro atoms. The van der Waals surface area contributed by atoms with E-state index in [1.165, 1.54) is 19.1 Å². The van der Waals surface area contributed by atoms with Crippen LogP contribution >= 0.6 is 0 Å². The molecule has 2 atom stereocenters. The molecule has 0 unspecified atom stereocenters. The van der Waals surface area contributed by atoms with Gasteiger partial charge in [0.1, 0.15) is 35.0 Å². The fourth-order valence-electron chi connectivity index (χ4n) is 5.90. The van der Waals surface area contributed by atoms with E-state index in [2.05, 4.69) is 15.5 Å². The van der Waals surface area contributed by atoms with E-state index in [-0.39, 0.29) is 5.75 Å². The van der Waals surface area contributed by atoms with Gasteiger partial charge in [-0.15, -0.1) is 5.10 Å². The molecule has 2 bridgehead atoms. The van der Waals surface area contributed by atoms with Crippen LogP contribution < -0.4 is 4.74 Å². The zero-order chi connectivity index (χ0) is 26.0. The number of rotatable bonds is 8. The largest absolute Gasteiger partial charge is 0.484 e. The molecule has 12 heteroatoms. The maximum absolute atomic E-state index is 16.8. The summed E-state index contributed by atoms with van der Waals surface area (Å²) in [5.41, 5.74) is -5.81. The topological polar surface area (TPSA) is 73.1 Å². The monoisotopic (exact) mass is 512 g/mol. The summed E-state index contributed by atoms with van der Waals surface area (Å²) < 4.78 is 88.2. The first kappa shape index (κ1) is 24.5. The highest BCUT2D eigenvalue weighted by Crippen LogP contribution is 2.80. The highest BCUT2D eigenvalue weighted by atomic mass is 19.4. The van der Waals surface area contributed by atoms with E-state index in [1.54, 1.807) is 12.1 Å². The van der Waals surface area contributed by atoms with Gasteiger partial charge in [-0.25, -0.2) is 17.9 Å². The van der Waals surface area contributed by atoms with Crippen molar-refractivity contribution in [2.45, 2.75) is 55.6 Å². The molecule has 0 radical (unpaired) electrons. The quantitative estimate of drug-likeness (QED) is 0.446. The number of ether oxygens (including phenoxy) is 1. The van der Waals surface area contributed by atoms with Crippen molar-refractivity contribution in [2.24, 2.45) is 5.41 Å². The van der Waals surface area contributed by atoms with E-state index in [9.17, 15) is 27.1 Å². The Bertz CT molecular complexity index is 1240. The van der Waals surface area contributed by atoms with Crippen LogP contribution in [0.3, 0.4) is 0 Å². The average molecular weight is 512 g/mol. The smallest absolute Gasteiger partial charge is 0.422 e. The first-order valence-electron chi connectivity index (χ1n) is 11.2. The molecule has 1 aromatic heterocycles. The van der Waals surface area contributed by atoms with Gasteiger partial charge in [0, 0.05) is 17.0 Å². The lowest BCUT2D eigenvalue weighted by Gasteiger charge is -2.76. The van der Waals surface area contributed by atoms with Crippen LogP contribution in [-0.4, -0.2) is 43.8 Å². The third kappa shape index (κ3) is 3.73. The van der Waals surface area contributed by atoms with Crippen molar-refractivity contribution in [3.63, 3.8) is 0 Å². The van der Waals surface area contributed by atoms with E-state index >= 15 is 4.39 Å². The number of hydrogen-bond acceptors (Lipinski definition) is 5. The van der Waals surface area contributed by atoms with Crippen molar-refractivity contribution in [1.82, 2.24) is 20.2 Å². The number of aromatic nitrogens is 4. The highest BCUT2D eigenvalue weighted by molar-refractivity contribution is 5.45. The fraction of sp³-hybridized carbons (Fsp3) is 0.458. The van der Waals surface area contributed by atoms with Gasteiger partial charge in [0.2, 0.25) is 0 Å². The summed E-state index contributed by atoms with van der Waals surface area (Å²) in [6.45, 7) is -0.701. The minimum atomic E-state index is -4.45. The van der Waals surface area contributed by atoms with Crippen molar-refractivity contribution in [1.29, 1.82) is 0 Å². The molecule has 3 saturated carbocycles. The summed E-state index contributed by atoms with van der Waals surface area (Å²) in [4.78, 5) is 0. The van der Waals surface area contributed by atoms with E-state index < -0.39 is 58.6 Å². The minimum absolute atomic E-state index is 0.0651. The number of nitrogens with zero attached hydrogens (tertiary/aromatic N) is 4. The number of alkyl halides is 4. The molecule has 3 aromatic rings. The van der Waals surface area contributed by atoms with Gasteiger partial charge in [0.05, 0.1) is 6.54 Å². The molecule has 0 aliphatic heterocycles. The second kappa shape index (κ2) is 7.92. The van der Waals surface area contributed by atoms with Crippen molar-refractivity contribution >= 4 is 0 Å². The Hall–Kier alpha value is -3.15. The summed E-state index contributed by atoms with van der Waals surface area (Å²) in [5, 5.41) is 22.4. The lowest BCUT2D eigenvalue weighted by Crippen LogP contribution is -2.76. The molecule has 1 heterocycles. The number of benzene rings is 2. The van der Waals surface area contributed by atoms with Crippen molar-refractivity contribution < 1.29 is 36.2 Å². The molecular weight excluding hydrogens is 490 g/mol. The molecule has 0 saturated heterocycles. The SMILES string of the molecule is C[C@@](F)(C12CC(c3ccc(OCC(F)(F)F)cc3)(C1)C2)[C@](O)(Cn1cnnn1)c1ccc(F)cc1F. The Balaban J connectivity index is 1.39. The minimum Gasteiger partial charge on any atom is -0.484 e. The summed E-state index contributed by atoms with van der Waals surface area (Å²) in [7, 11) is 0. The van der Waals surface area contributed by atoms with E-state index in [0.717, 1.165) is 28.7 Å². The van der Waals surface area contributed by atoms with Crippen LogP contribution in [0.5, 0.6) is 5.75 Å². The summed E-state index contributed by atoms with van der Waals surface area (Å²) in [6.07, 6.45) is -2.30. The zero-order valence-electron chi connectivity index (χ0n) is 19.1. The molecule has 6 nitrogen and oxygen atoms in total. The van der Waals surface area contributed by atoms with E-state index in [0.29, 0.717) is 25.3 Å². The standard InChI is InChI=1S/C24H22F6N4O2/c1-20(27,23(35,12-34-14-31-32-33-34)18-7-4-16(25)8-19(18)26)22-9-21(10-22,11-22)15-2-5-17(6-3-15)36-13-24(28,29)30/h2-8,14,35H,9-13H2,1H3/t20-,21?,22?,23+/m1/s1. The lowest BCUT2D eigenvalue weighted by molar-refractivity contribution is -0.289. The summed E-state index contributed by atoms with van der Waals surface area (Å²) in [6, 6.07) is 8.73. The maximum atomic E-state index is 16.8. The molecule has 0 amide bonds. The Morgan fingerprint density at radius 1 is 1.03 bits per heavy atom. The average Bonchev–Trinajstić information content (AvgIpc) is 3.23. The van der Waals surface area contributed by atoms with E-state index in [4.69, 9.17) is 4.74 Å². The Kier molecular flexibility index (Phi) is 5.40. The van der Waals surface area contributed by atoms with Gasteiger partial charge in [0.25, 0.3) is 0 Å². The van der Waals surface area contributed by atoms with Crippen LogP contribution in [-0.2, 0) is 17.6 Å². The molecule has 3 aliphatic carbocycles. The van der Waals surface area contributed by atoms with Crippen LogP contribution in [0.4, 0.5) is 26.3 Å². The van der Waals surface area contributed by atoms with Gasteiger partial charge in [-0.2, -0.15) is 13.2 Å². The second-order valence-electron chi connectivity index (χ2n) is 10.0. The number of tetrazole rings is 1. The van der Waals surface area contributed by atoms with Crippen molar-refractivity contribution in [3.05, 3.63) is 71.6 Å². The van der Waals surface area contributed by atoms with E-state index in [1.807, 2.05) is 0 Å². The molecule has 3 aliphatic rings. The van der Waals surface area contributed by atoms with Gasteiger partial charge in [-0.3, -0.25) is 0 Å². The summed E-state index contributed by atoms with van der Waals surface area (Å²) in [5.74, 6) is -1.89. The molecule has 6 rings (SSSR count). The van der Waals surface area contributed by atoms with Crippen molar-refractivity contribution in [2.75, 3.05) is 6.61 Å². The zero-order valence-corrected chi connectivity index (χ0v) is 19.1. The lowest BCUT2D eigenvalue weighted by atomic mass is 9.28. The van der Waals surface area contributed by atoms with Crippen molar-refractivity contribution in [3.8, 4) is 5.75 Å². The normalized spacial score (nSPS) is 26.3. The highest BCUT2D eigenvalue weighted by Gasteiger charge is 2.79. The summed E-state index contributed by atoms with van der Waals surface area (Å²) >= 11 is 0. The Morgan fingerprint density at radius 2 is 1.69 bits per heavy atom. The van der Waals surface area contributed by atoms with Gasteiger partial charge >= 0.3 is 6.18 Å². The predicted octanol–water partition coefficient (Wildman–Crippen LogP) is 4.63. The molecule has 1 N–H and O–H groups in total. The third-order valence-electron chi connectivity index (χ3n) is 7.83. The number of hydrogen-bond donors (Lipinski definition) is 1. The van der Waals surface area contributed by atoms with Crippen LogP contribution in [0.15, 0.2) is 48.8 Å². The maximum Gasteiger partial charge on any atom is 0.422 e. The Labute approximate surface area is 201 Å². The molecule has 192 valence electrons. The number of aliphatic hydroxyl groups is 1.